The Morgan fingerprint density at radius 3 is 2.72 bits per heavy atom. The lowest BCUT2D eigenvalue weighted by molar-refractivity contribution is 0.0963. The van der Waals surface area contributed by atoms with Gasteiger partial charge in [-0.3, -0.25) is 9.52 Å². The van der Waals surface area contributed by atoms with E-state index in [2.05, 4.69) is 4.72 Å². The molecule has 4 rings (SSSR count). The molecule has 1 N–H and O–H groups in total. The van der Waals surface area contributed by atoms with E-state index in [-0.39, 0.29) is 22.3 Å². The van der Waals surface area contributed by atoms with E-state index < -0.39 is 10.0 Å². The number of rotatable bonds is 5. The first-order chi connectivity index (χ1) is 13.9. The van der Waals surface area contributed by atoms with Crippen LogP contribution in [0.5, 0.6) is 5.75 Å². The number of ether oxygens (including phenoxy) is 1. The Morgan fingerprint density at radius 2 is 2.00 bits per heavy atom. The van der Waals surface area contributed by atoms with E-state index in [1.54, 1.807) is 47.4 Å². The number of fused-ring (bicyclic) bond motifs is 1. The summed E-state index contributed by atoms with van der Waals surface area (Å²) < 4.78 is 38.9. The van der Waals surface area contributed by atoms with Crippen LogP contribution < -0.4 is 14.4 Å². The van der Waals surface area contributed by atoms with Crippen molar-refractivity contribution in [1.29, 1.82) is 0 Å². The van der Waals surface area contributed by atoms with E-state index in [0.29, 0.717) is 24.3 Å². The molecule has 29 heavy (non-hydrogen) atoms. The number of benzene rings is 2. The van der Waals surface area contributed by atoms with E-state index >= 15 is 0 Å². The number of hydrogen-bond donors (Lipinski definition) is 1. The molecule has 1 amide bonds. The zero-order valence-corrected chi connectivity index (χ0v) is 16.8. The Morgan fingerprint density at radius 1 is 1.17 bits per heavy atom. The number of furan rings is 1. The SMILES string of the molecule is COc1ccc(C)cc1S(=O)(=O)Nc1ccc2c(c1)N(C(=O)c1ccco1)CC2. The topological polar surface area (TPSA) is 88.9 Å². The van der Waals surface area contributed by atoms with Crippen molar-refractivity contribution < 1.29 is 22.4 Å². The minimum Gasteiger partial charge on any atom is -0.495 e. The lowest BCUT2D eigenvalue weighted by Crippen LogP contribution is -2.28. The van der Waals surface area contributed by atoms with Crippen molar-refractivity contribution in [3.63, 3.8) is 0 Å². The molecule has 0 spiro atoms. The van der Waals surface area contributed by atoms with Crippen molar-refractivity contribution in [1.82, 2.24) is 0 Å². The molecule has 0 saturated carbocycles. The van der Waals surface area contributed by atoms with Crippen LogP contribution in [0.25, 0.3) is 0 Å². The average molecular weight is 412 g/mol. The highest BCUT2D eigenvalue weighted by atomic mass is 32.2. The van der Waals surface area contributed by atoms with Crippen LogP contribution in [0, 0.1) is 6.92 Å². The van der Waals surface area contributed by atoms with Crippen LogP contribution >= 0.6 is 0 Å². The number of carbonyl (C=O) groups excluding carboxylic acids is 1. The van der Waals surface area contributed by atoms with Crippen molar-refractivity contribution in [2.75, 3.05) is 23.3 Å². The van der Waals surface area contributed by atoms with Crippen LogP contribution in [0.3, 0.4) is 0 Å². The molecule has 8 heteroatoms. The fraction of sp³-hybridized carbons (Fsp3) is 0.190. The predicted octanol–water partition coefficient (Wildman–Crippen LogP) is 3.60. The Hall–Kier alpha value is -3.26. The van der Waals surface area contributed by atoms with Crippen LogP contribution in [-0.4, -0.2) is 28.0 Å². The highest BCUT2D eigenvalue weighted by Crippen LogP contribution is 2.34. The zero-order chi connectivity index (χ0) is 20.6. The number of nitrogens with zero attached hydrogens (tertiary/aromatic N) is 1. The predicted molar refractivity (Wildman–Crippen MR) is 109 cm³/mol. The number of aryl methyl sites for hydroxylation is 1. The van der Waals surface area contributed by atoms with Gasteiger partial charge in [0.05, 0.1) is 19.1 Å². The van der Waals surface area contributed by atoms with E-state index in [1.807, 2.05) is 13.0 Å². The van der Waals surface area contributed by atoms with Gasteiger partial charge in [0, 0.05) is 12.2 Å². The smallest absolute Gasteiger partial charge is 0.293 e. The molecule has 0 radical (unpaired) electrons. The standard InChI is InChI=1S/C21H20N2O5S/c1-14-5-8-18(27-2)20(12-14)29(25,26)22-16-7-6-15-9-10-23(17(15)13-16)21(24)19-4-3-11-28-19/h3-8,11-13,22H,9-10H2,1-2H3. The fourth-order valence-electron chi connectivity index (χ4n) is 3.39. The maximum absolute atomic E-state index is 12.9. The van der Waals surface area contributed by atoms with E-state index in [9.17, 15) is 13.2 Å². The Balaban J connectivity index is 1.66. The monoisotopic (exact) mass is 412 g/mol. The number of sulfonamides is 1. The van der Waals surface area contributed by atoms with Crippen molar-refractivity contribution in [3.8, 4) is 5.75 Å². The highest BCUT2D eigenvalue weighted by Gasteiger charge is 2.28. The van der Waals surface area contributed by atoms with E-state index in [0.717, 1.165) is 11.1 Å². The molecule has 0 bridgehead atoms. The Bertz CT molecular complexity index is 1170. The first kappa shape index (κ1) is 19.1. The molecule has 0 atom stereocenters. The fourth-order valence-corrected chi connectivity index (χ4v) is 4.70. The summed E-state index contributed by atoms with van der Waals surface area (Å²) >= 11 is 0. The van der Waals surface area contributed by atoms with Crippen molar-refractivity contribution in [3.05, 3.63) is 71.7 Å². The molecule has 2 aromatic carbocycles. The molecule has 1 aliphatic rings. The average Bonchev–Trinajstić information content (AvgIpc) is 3.37. The number of amides is 1. The van der Waals surface area contributed by atoms with Crippen LogP contribution in [0.2, 0.25) is 0 Å². The van der Waals surface area contributed by atoms with Gasteiger partial charge in [-0.1, -0.05) is 12.1 Å². The highest BCUT2D eigenvalue weighted by molar-refractivity contribution is 7.92. The third-order valence-corrected chi connectivity index (χ3v) is 6.22. The number of carbonyl (C=O) groups is 1. The number of nitrogens with one attached hydrogen (secondary N) is 1. The summed E-state index contributed by atoms with van der Waals surface area (Å²) in [7, 11) is -2.45. The molecule has 1 aliphatic heterocycles. The molecule has 3 aromatic rings. The second-order valence-electron chi connectivity index (χ2n) is 6.79. The van der Waals surface area contributed by atoms with Crippen molar-refractivity contribution >= 4 is 27.3 Å². The summed E-state index contributed by atoms with van der Waals surface area (Å²) in [6.07, 6.45) is 2.14. The zero-order valence-electron chi connectivity index (χ0n) is 16.0. The first-order valence-corrected chi connectivity index (χ1v) is 10.5. The van der Waals surface area contributed by atoms with Crippen molar-refractivity contribution in [2.24, 2.45) is 0 Å². The Kier molecular flexibility index (Phi) is 4.79. The van der Waals surface area contributed by atoms with E-state index in [1.165, 1.54) is 13.4 Å². The lowest BCUT2D eigenvalue weighted by atomic mass is 10.1. The summed E-state index contributed by atoms with van der Waals surface area (Å²) in [5.74, 6) is 0.251. The molecular formula is C21H20N2O5S. The maximum Gasteiger partial charge on any atom is 0.293 e. The molecule has 0 fully saturated rings. The van der Waals surface area contributed by atoms with Crippen LogP contribution in [0.4, 0.5) is 11.4 Å². The van der Waals surface area contributed by atoms with Crippen LogP contribution in [0.15, 0.2) is 64.1 Å². The minimum absolute atomic E-state index is 0.0593. The summed E-state index contributed by atoms with van der Waals surface area (Å²) in [4.78, 5) is 14.3. The first-order valence-electron chi connectivity index (χ1n) is 9.05. The van der Waals surface area contributed by atoms with Gasteiger partial charge in [0.15, 0.2) is 5.76 Å². The molecule has 7 nitrogen and oxygen atoms in total. The maximum atomic E-state index is 12.9. The van der Waals surface area contributed by atoms with Crippen molar-refractivity contribution in [2.45, 2.75) is 18.2 Å². The van der Waals surface area contributed by atoms with E-state index in [4.69, 9.17) is 9.15 Å². The van der Waals surface area contributed by atoms with Gasteiger partial charge in [-0.15, -0.1) is 0 Å². The van der Waals surface area contributed by atoms with Gasteiger partial charge in [0.2, 0.25) is 0 Å². The molecular weight excluding hydrogens is 392 g/mol. The Labute approximate surface area is 169 Å². The molecule has 2 heterocycles. The summed E-state index contributed by atoms with van der Waals surface area (Å²) in [6, 6.07) is 13.4. The third kappa shape index (κ3) is 3.58. The third-order valence-electron chi connectivity index (χ3n) is 4.82. The van der Waals surface area contributed by atoms with Gasteiger partial charge >= 0.3 is 0 Å². The second kappa shape index (κ2) is 7.29. The number of hydrogen-bond acceptors (Lipinski definition) is 5. The number of methoxy groups -OCH3 is 1. The van der Waals surface area contributed by atoms with Gasteiger partial charge in [-0.2, -0.15) is 0 Å². The van der Waals surface area contributed by atoms with Gasteiger partial charge in [-0.05, 0) is 60.9 Å². The van der Waals surface area contributed by atoms with Gasteiger partial charge in [0.25, 0.3) is 15.9 Å². The molecule has 150 valence electrons. The van der Waals surface area contributed by atoms with Crippen LogP contribution in [0.1, 0.15) is 21.7 Å². The molecule has 1 aromatic heterocycles. The van der Waals surface area contributed by atoms with Gasteiger partial charge in [-0.25, -0.2) is 8.42 Å². The summed E-state index contributed by atoms with van der Waals surface area (Å²) in [6.45, 7) is 2.32. The minimum atomic E-state index is -3.87. The van der Waals surface area contributed by atoms with Gasteiger partial charge in [0.1, 0.15) is 10.6 Å². The quantitative estimate of drug-likeness (QED) is 0.692. The largest absolute Gasteiger partial charge is 0.495 e. The molecule has 0 unspecified atom stereocenters. The summed E-state index contributed by atoms with van der Waals surface area (Å²) in [5, 5.41) is 0. The lowest BCUT2D eigenvalue weighted by Gasteiger charge is -2.17. The molecule has 0 saturated heterocycles. The second-order valence-corrected chi connectivity index (χ2v) is 8.44. The normalized spacial score (nSPS) is 13.2. The number of anilines is 2. The molecule has 0 aliphatic carbocycles. The van der Waals surface area contributed by atoms with Gasteiger partial charge < -0.3 is 14.1 Å². The van der Waals surface area contributed by atoms with Crippen LogP contribution in [-0.2, 0) is 16.4 Å². The summed E-state index contributed by atoms with van der Waals surface area (Å²) in [5.41, 5.74) is 2.81.